The van der Waals surface area contributed by atoms with Crippen molar-refractivity contribution in [2.45, 2.75) is 31.7 Å². The van der Waals surface area contributed by atoms with E-state index < -0.39 is 0 Å². The smallest absolute Gasteiger partial charge is 0.245 e. The highest BCUT2D eigenvalue weighted by Crippen LogP contribution is 2.34. The van der Waals surface area contributed by atoms with E-state index in [2.05, 4.69) is 5.32 Å². The standard InChI is InChI=1S/C16H19FN2O2/c17-13-4-2-1-3-11(13)7-9-19-10-8-14(20)18-15(16(19)21)12-5-6-12/h1-4,12,15H,5-10H2,(H,18,20). The number of hydrogen-bond donors (Lipinski definition) is 1. The van der Waals surface area contributed by atoms with E-state index in [9.17, 15) is 14.0 Å². The van der Waals surface area contributed by atoms with Gasteiger partial charge in [-0.25, -0.2) is 4.39 Å². The fourth-order valence-electron chi connectivity index (χ4n) is 2.78. The fraction of sp³-hybridized carbons (Fsp3) is 0.500. The van der Waals surface area contributed by atoms with E-state index in [1.54, 1.807) is 23.1 Å². The van der Waals surface area contributed by atoms with Crippen LogP contribution in [0.1, 0.15) is 24.8 Å². The number of rotatable bonds is 4. The van der Waals surface area contributed by atoms with Gasteiger partial charge in [0.05, 0.1) is 0 Å². The van der Waals surface area contributed by atoms with Crippen molar-refractivity contribution in [3.8, 4) is 0 Å². The summed E-state index contributed by atoms with van der Waals surface area (Å²) in [5.74, 6) is -0.0310. The quantitative estimate of drug-likeness (QED) is 0.913. The zero-order chi connectivity index (χ0) is 14.8. The van der Waals surface area contributed by atoms with Gasteiger partial charge in [-0.1, -0.05) is 18.2 Å². The summed E-state index contributed by atoms with van der Waals surface area (Å²) < 4.78 is 13.6. The number of hydrogen-bond acceptors (Lipinski definition) is 2. The van der Waals surface area contributed by atoms with Crippen molar-refractivity contribution in [3.05, 3.63) is 35.6 Å². The minimum Gasteiger partial charge on any atom is -0.344 e. The molecule has 2 aliphatic rings. The minimum absolute atomic E-state index is 0.0142. The molecule has 1 saturated carbocycles. The van der Waals surface area contributed by atoms with Crippen LogP contribution in [0.25, 0.3) is 0 Å². The summed E-state index contributed by atoms with van der Waals surface area (Å²) in [6.45, 7) is 0.875. The van der Waals surface area contributed by atoms with Crippen molar-refractivity contribution >= 4 is 11.8 Å². The SMILES string of the molecule is O=C1CCN(CCc2ccccc2F)C(=O)C(C2CC2)N1. The molecule has 1 N–H and O–H groups in total. The molecule has 1 unspecified atom stereocenters. The van der Waals surface area contributed by atoms with E-state index >= 15 is 0 Å². The van der Waals surface area contributed by atoms with Gasteiger partial charge in [-0.05, 0) is 36.8 Å². The van der Waals surface area contributed by atoms with Gasteiger partial charge in [-0.3, -0.25) is 9.59 Å². The highest BCUT2D eigenvalue weighted by molar-refractivity contribution is 5.90. The summed E-state index contributed by atoms with van der Waals surface area (Å²) in [4.78, 5) is 25.9. The summed E-state index contributed by atoms with van der Waals surface area (Å²) in [5, 5.41) is 2.83. The molecule has 112 valence electrons. The van der Waals surface area contributed by atoms with E-state index in [0.29, 0.717) is 31.5 Å². The highest BCUT2D eigenvalue weighted by atomic mass is 19.1. The number of benzene rings is 1. The van der Waals surface area contributed by atoms with E-state index in [1.165, 1.54) is 6.07 Å². The molecule has 1 aromatic carbocycles. The van der Waals surface area contributed by atoms with Crippen LogP contribution in [0, 0.1) is 11.7 Å². The van der Waals surface area contributed by atoms with E-state index in [4.69, 9.17) is 0 Å². The lowest BCUT2D eigenvalue weighted by atomic mass is 10.1. The lowest BCUT2D eigenvalue weighted by molar-refractivity contribution is -0.134. The molecule has 1 aliphatic carbocycles. The second-order valence-corrected chi connectivity index (χ2v) is 5.80. The minimum atomic E-state index is -0.374. The van der Waals surface area contributed by atoms with Gasteiger partial charge in [0.25, 0.3) is 0 Å². The van der Waals surface area contributed by atoms with Crippen LogP contribution in [0.15, 0.2) is 24.3 Å². The largest absolute Gasteiger partial charge is 0.344 e. The third-order valence-electron chi connectivity index (χ3n) is 4.21. The summed E-state index contributed by atoms with van der Waals surface area (Å²) in [6.07, 6.45) is 2.80. The van der Waals surface area contributed by atoms with Crippen LogP contribution in [-0.4, -0.2) is 35.8 Å². The Labute approximate surface area is 123 Å². The van der Waals surface area contributed by atoms with Crippen molar-refractivity contribution in [2.75, 3.05) is 13.1 Å². The monoisotopic (exact) mass is 290 g/mol. The predicted octanol–water partition coefficient (Wildman–Crippen LogP) is 1.50. The normalized spacial score (nSPS) is 22.9. The van der Waals surface area contributed by atoms with Crippen LogP contribution in [0.3, 0.4) is 0 Å². The van der Waals surface area contributed by atoms with Crippen molar-refractivity contribution in [3.63, 3.8) is 0 Å². The molecule has 0 aromatic heterocycles. The van der Waals surface area contributed by atoms with Gasteiger partial charge >= 0.3 is 0 Å². The molecule has 4 nitrogen and oxygen atoms in total. The molecular weight excluding hydrogens is 271 g/mol. The lowest BCUT2D eigenvalue weighted by Gasteiger charge is -2.24. The van der Waals surface area contributed by atoms with Crippen LogP contribution < -0.4 is 5.32 Å². The third kappa shape index (κ3) is 3.23. The molecule has 0 spiro atoms. The number of nitrogens with one attached hydrogen (secondary N) is 1. The molecule has 3 rings (SSSR count). The topological polar surface area (TPSA) is 49.4 Å². The first-order valence-corrected chi connectivity index (χ1v) is 7.46. The molecule has 2 fully saturated rings. The van der Waals surface area contributed by atoms with Crippen LogP contribution in [-0.2, 0) is 16.0 Å². The average molecular weight is 290 g/mol. The highest BCUT2D eigenvalue weighted by Gasteiger charge is 2.40. The van der Waals surface area contributed by atoms with Gasteiger partial charge in [-0.15, -0.1) is 0 Å². The molecule has 1 aromatic rings. The molecule has 0 bridgehead atoms. The molecule has 1 aliphatic heterocycles. The Hall–Kier alpha value is -1.91. The van der Waals surface area contributed by atoms with E-state index in [1.807, 2.05) is 0 Å². The lowest BCUT2D eigenvalue weighted by Crippen LogP contribution is -2.46. The second kappa shape index (κ2) is 5.84. The second-order valence-electron chi connectivity index (χ2n) is 5.80. The van der Waals surface area contributed by atoms with Crippen LogP contribution in [0.2, 0.25) is 0 Å². The van der Waals surface area contributed by atoms with Crippen LogP contribution >= 0.6 is 0 Å². The van der Waals surface area contributed by atoms with E-state index in [-0.39, 0.29) is 29.6 Å². The first-order valence-electron chi connectivity index (χ1n) is 7.46. The van der Waals surface area contributed by atoms with Crippen molar-refractivity contribution < 1.29 is 14.0 Å². The molecule has 1 atom stereocenters. The Bertz CT molecular complexity index is 557. The maximum Gasteiger partial charge on any atom is 0.245 e. The Morgan fingerprint density at radius 1 is 1.24 bits per heavy atom. The number of carbonyl (C=O) groups is 2. The van der Waals surface area contributed by atoms with Crippen molar-refractivity contribution in [1.29, 1.82) is 0 Å². The maximum atomic E-state index is 13.6. The summed E-state index contributed by atoms with van der Waals surface area (Å²) in [7, 11) is 0. The van der Waals surface area contributed by atoms with Crippen molar-refractivity contribution in [2.24, 2.45) is 5.92 Å². The fourth-order valence-corrected chi connectivity index (χ4v) is 2.78. The van der Waals surface area contributed by atoms with Gasteiger partial charge in [-0.2, -0.15) is 0 Å². The number of nitrogens with zero attached hydrogens (tertiary/aromatic N) is 1. The van der Waals surface area contributed by atoms with Gasteiger partial charge in [0.15, 0.2) is 0 Å². The Morgan fingerprint density at radius 2 is 2.00 bits per heavy atom. The molecule has 1 heterocycles. The number of halogens is 1. The summed E-state index contributed by atoms with van der Waals surface area (Å²) in [6, 6.07) is 6.24. The first-order chi connectivity index (χ1) is 10.1. The van der Waals surface area contributed by atoms with Crippen LogP contribution in [0.4, 0.5) is 4.39 Å². The van der Waals surface area contributed by atoms with Gasteiger partial charge in [0.1, 0.15) is 11.9 Å². The zero-order valence-corrected chi connectivity index (χ0v) is 11.8. The Kier molecular flexibility index (Phi) is 3.90. The third-order valence-corrected chi connectivity index (χ3v) is 4.21. The molecular formula is C16H19FN2O2. The Balaban J connectivity index is 1.67. The average Bonchev–Trinajstić information content (AvgIpc) is 3.30. The van der Waals surface area contributed by atoms with Gasteiger partial charge in [0, 0.05) is 19.5 Å². The molecule has 2 amide bonds. The Morgan fingerprint density at radius 3 is 2.71 bits per heavy atom. The molecule has 21 heavy (non-hydrogen) atoms. The first kappa shape index (κ1) is 14.0. The summed E-state index contributed by atoms with van der Waals surface area (Å²) in [5.41, 5.74) is 0.608. The van der Waals surface area contributed by atoms with Crippen LogP contribution in [0.5, 0.6) is 0 Å². The van der Waals surface area contributed by atoms with E-state index in [0.717, 1.165) is 12.8 Å². The molecule has 5 heteroatoms. The van der Waals surface area contributed by atoms with Crippen molar-refractivity contribution in [1.82, 2.24) is 10.2 Å². The number of amides is 2. The van der Waals surface area contributed by atoms with Gasteiger partial charge < -0.3 is 10.2 Å². The zero-order valence-electron chi connectivity index (χ0n) is 11.8. The summed E-state index contributed by atoms with van der Waals surface area (Å²) >= 11 is 0. The predicted molar refractivity (Wildman–Crippen MR) is 76.0 cm³/mol. The molecule has 0 radical (unpaired) electrons. The number of carbonyl (C=O) groups excluding carboxylic acids is 2. The molecule has 1 saturated heterocycles. The van der Waals surface area contributed by atoms with Gasteiger partial charge in [0.2, 0.25) is 11.8 Å². The maximum absolute atomic E-state index is 13.6.